The molecule has 0 spiro atoms. The number of halogens is 2. The Morgan fingerprint density at radius 2 is 1.61 bits per heavy atom. The molecule has 0 bridgehead atoms. The first kappa shape index (κ1) is 35.7. The number of hydrazine groups is 1. The summed E-state index contributed by atoms with van der Waals surface area (Å²) >= 11 is 12.7. The number of rotatable bonds is 8. The number of fused-ring (bicyclic) bond motifs is 4. The van der Waals surface area contributed by atoms with Crippen LogP contribution in [0.25, 0.3) is 0 Å². The summed E-state index contributed by atoms with van der Waals surface area (Å²) in [5, 5.41) is 22.0. The Hall–Kier alpha value is -5.32. The number of imide groups is 2. The molecule has 4 aromatic carbocycles. The highest BCUT2D eigenvalue weighted by atomic mass is 35.5. The van der Waals surface area contributed by atoms with Crippen molar-refractivity contribution in [2.45, 2.75) is 37.5 Å². The van der Waals surface area contributed by atoms with Crippen molar-refractivity contribution in [1.29, 1.82) is 0 Å². The average molecular weight is 767 g/mol. The molecule has 6 unspecified atom stereocenters. The molecule has 2 heterocycles. The van der Waals surface area contributed by atoms with Gasteiger partial charge in [0.05, 0.1) is 41.0 Å². The standard InChI is InChI=1S/C42H37Cl2N3O7/c1-22-19-24(5-16-35(22)49)37-29-13-14-30-36(40(52)46(38(30)50)18-17-23-3-9-27(48)10-4-23)31(29)21-32-39(51)47(45-34-15-8-26(43)20-33(34)44)41(53)42(32,37)25-6-11-28(54-2)12-7-25/h3-13,15-16,19-20,30-32,36-37,45,48-49H,14,17-18,21H2,1-2H3. The second-order valence-electron chi connectivity index (χ2n) is 14.5. The van der Waals surface area contributed by atoms with Crippen molar-refractivity contribution in [3.63, 3.8) is 0 Å². The number of likely N-dealkylation sites (tertiary alicyclic amines) is 1. The molecule has 8 rings (SSSR count). The van der Waals surface area contributed by atoms with Crippen LogP contribution in [0.1, 0.15) is 41.0 Å². The highest BCUT2D eigenvalue weighted by molar-refractivity contribution is 6.36. The normalized spacial score (nSPS) is 26.0. The first-order chi connectivity index (χ1) is 25.9. The van der Waals surface area contributed by atoms with E-state index in [-0.39, 0.29) is 47.7 Å². The number of phenolic OH excluding ortho intramolecular Hbond substituents is 2. The lowest BCUT2D eigenvalue weighted by Gasteiger charge is -2.50. The first-order valence-corrected chi connectivity index (χ1v) is 18.6. The molecule has 276 valence electrons. The molecule has 2 aliphatic heterocycles. The third-order valence-electron chi connectivity index (χ3n) is 11.8. The van der Waals surface area contributed by atoms with Crippen LogP contribution in [0.4, 0.5) is 5.69 Å². The minimum Gasteiger partial charge on any atom is -0.508 e. The average Bonchev–Trinajstić information content (AvgIpc) is 3.53. The van der Waals surface area contributed by atoms with Crippen LogP contribution in [-0.4, -0.2) is 57.4 Å². The van der Waals surface area contributed by atoms with Crippen LogP contribution in [0.15, 0.2) is 96.6 Å². The Labute approximate surface area is 321 Å². The van der Waals surface area contributed by atoms with Gasteiger partial charge < -0.3 is 14.9 Å². The van der Waals surface area contributed by atoms with Gasteiger partial charge in [-0.2, -0.15) is 5.01 Å². The smallest absolute Gasteiger partial charge is 0.260 e. The van der Waals surface area contributed by atoms with Crippen molar-refractivity contribution >= 4 is 52.5 Å². The summed E-state index contributed by atoms with van der Waals surface area (Å²) < 4.78 is 5.47. The molecule has 2 saturated heterocycles. The number of hydrogen-bond donors (Lipinski definition) is 3. The van der Waals surface area contributed by atoms with Crippen molar-refractivity contribution in [2.75, 3.05) is 19.1 Å². The van der Waals surface area contributed by atoms with Gasteiger partial charge in [-0.15, -0.1) is 0 Å². The summed E-state index contributed by atoms with van der Waals surface area (Å²) in [4.78, 5) is 60.0. The highest BCUT2D eigenvalue weighted by Crippen LogP contribution is 2.64. The molecule has 4 aliphatic rings. The lowest BCUT2D eigenvalue weighted by atomic mass is 9.49. The Balaban J connectivity index is 1.27. The maximum Gasteiger partial charge on any atom is 0.260 e. The SMILES string of the molecule is COc1ccc(C23C(=O)N(Nc4ccc(Cl)cc4Cl)C(=O)C2CC2C(=CCC4C(=O)N(CCc5ccc(O)cc5)C(=O)C42)C3c2ccc(O)c(C)c2)cc1. The summed E-state index contributed by atoms with van der Waals surface area (Å²) in [6.07, 6.45) is 2.84. The van der Waals surface area contributed by atoms with Gasteiger partial charge in [0.1, 0.15) is 17.2 Å². The first-order valence-electron chi connectivity index (χ1n) is 17.8. The maximum atomic E-state index is 15.4. The van der Waals surface area contributed by atoms with Gasteiger partial charge in [-0.05, 0) is 103 Å². The molecule has 10 nitrogen and oxygen atoms in total. The Morgan fingerprint density at radius 1 is 0.870 bits per heavy atom. The zero-order chi connectivity index (χ0) is 38.1. The summed E-state index contributed by atoms with van der Waals surface area (Å²) in [5.74, 6) is -4.38. The maximum absolute atomic E-state index is 15.4. The number of methoxy groups -OCH3 is 1. The van der Waals surface area contributed by atoms with Crippen molar-refractivity contribution in [3.8, 4) is 17.2 Å². The zero-order valence-corrected chi connectivity index (χ0v) is 31.0. The van der Waals surface area contributed by atoms with E-state index in [2.05, 4.69) is 5.43 Å². The topological polar surface area (TPSA) is 136 Å². The van der Waals surface area contributed by atoms with Crippen LogP contribution in [-0.2, 0) is 31.0 Å². The molecule has 2 aliphatic carbocycles. The second kappa shape index (κ2) is 13.5. The van der Waals surface area contributed by atoms with Gasteiger partial charge in [0.25, 0.3) is 11.8 Å². The van der Waals surface area contributed by atoms with E-state index < -0.39 is 46.8 Å². The molecule has 54 heavy (non-hydrogen) atoms. The van der Waals surface area contributed by atoms with Crippen LogP contribution < -0.4 is 10.2 Å². The largest absolute Gasteiger partial charge is 0.508 e. The number of allylic oxidation sites excluding steroid dienone is 2. The Kier molecular flexibility index (Phi) is 8.93. The molecule has 1 saturated carbocycles. The summed E-state index contributed by atoms with van der Waals surface area (Å²) in [7, 11) is 1.55. The number of hydrogen-bond acceptors (Lipinski definition) is 8. The van der Waals surface area contributed by atoms with Gasteiger partial charge in [0.15, 0.2) is 0 Å². The van der Waals surface area contributed by atoms with E-state index in [4.69, 9.17) is 27.9 Å². The number of aryl methyl sites for hydroxylation is 1. The van der Waals surface area contributed by atoms with Crippen LogP contribution in [0.5, 0.6) is 17.2 Å². The van der Waals surface area contributed by atoms with Crippen molar-refractivity contribution in [3.05, 3.63) is 129 Å². The lowest BCUT2D eigenvalue weighted by molar-refractivity contribution is -0.141. The molecule has 3 fully saturated rings. The van der Waals surface area contributed by atoms with Gasteiger partial charge in [-0.3, -0.25) is 29.5 Å². The number of aromatic hydroxyl groups is 2. The van der Waals surface area contributed by atoms with Crippen molar-refractivity contribution in [2.24, 2.45) is 23.7 Å². The molecule has 0 aromatic heterocycles. The molecule has 3 N–H and O–H groups in total. The quantitative estimate of drug-likeness (QED) is 0.130. The fourth-order valence-electron chi connectivity index (χ4n) is 9.27. The summed E-state index contributed by atoms with van der Waals surface area (Å²) in [6.45, 7) is 1.94. The molecule has 4 aromatic rings. The number of nitrogens with zero attached hydrogens (tertiary/aromatic N) is 2. The predicted molar refractivity (Wildman–Crippen MR) is 202 cm³/mol. The fraction of sp³-hybridized carbons (Fsp3) is 0.286. The van der Waals surface area contributed by atoms with E-state index in [1.54, 1.807) is 86.8 Å². The molecule has 0 radical (unpaired) electrons. The molecular weight excluding hydrogens is 729 g/mol. The van der Waals surface area contributed by atoms with Crippen molar-refractivity contribution < 1.29 is 34.1 Å². The molecule has 12 heteroatoms. The third kappa shape index (κ3) is 5.53. The number of phenols is 2. The van der Waals surface area contributed by atoms with Gasteiger partial charge in [-0.1, -0.05) is 71.2 Å². The summed E-state index contributed by atoms with van der Waals surface area (Å²) in [6, 6.07) is 23.7. The minimum absolute atomic E-state index is 0.0779. The zero-order valence-electron chi connectivity index (χ0n) is 29.5. The predicted octanol–water partition coefficient (Wildman–Crippen LogP) is 6.95. The van der Waals surface area contributed by atoms with Crippen LogP contribution in [0.3, 0.4) is 0 Å². The summed E-state index contributed by atoms with van der Waals surface area (Å²) in [5.41, 5.74) is 5.34. The monoisotopic (exact) mass is 765 g/mol. The van der Waals surface area contributed by atoms with Gasteiger partial charge in [-0.25, -0.2) is 0 Å². The minimum atomic E-state index is -1.50. The van der Waals surface area contributed by atoms with Crippen LogP contribution in [0, 0.1) is 30.6 Å². The van der Waals surface area contributed by atoms with Crippen LogP contribution in [0.2, 0.25) is 10.0 Å². The van der Waals surface area contributed by atoms with E-state index in [1.807, 2.05) is 12.1 Å². The number of anilines is 1. The van der Waals surface area contributed by atoms with Gasteiger partial charge in [0, 0.05) is 17.5 Å². The molecule has 4 amide bonds. The van der Waals surface area contributed by atoms with Gasteiger partial charge in [0.2, 0.25) is 11.8 Å². The Bertz CT molecular complexity index is 2240. The van der Waals surface area contributed by atoms with Crippen LogP contribution >= 0.6 is 23.2 Å². The van der Waals surface area contributed by atoms with E-state index in [1.165, 1.54) is 11.0 Å². The van der Waals surface area contributed by atoms with E-state index in [0.717, 1.165) is 16.1 Å². The number of nitrogens with one attached hydrogen (secondary N) is 1. The van der Waals surface area contributed by atoms with Crippen molar-refractivity contribution in [1.82, 2.24) is 9.91 Å². The van der Waals surface area contributed by atoms with Gasteiger partial charge >= 0.3 is 0 Å². The van der Waals surface area contributed by atoms with E-state index in [9.17, 15) is 24.6 Å². The fourth-order valence-corrected chi connectivity index (χ4v) is 9.72. The number of carbonyl (C=O) groups excluding carboxylic acids is 4. The number of amides is 4. The second-order valence-corrected chi connectivity index (χ2v) is 15.3. The number of benzene rings is 4. The highest BCUT2D eigenvalue weighted by Gasteiger charge is 2.70. The Morgan fingerprint density at radius 3 is 2.30 bits per heavy atom. The molecular formula is C42H37Cl2N3O7. The lowest BCUT2D eigenvalue weighted by Crippen LogP contribution is -2.53. The van der Waals surface area contributed by atoms with E-state index in [0.29, 0.717) is 39.6 Å². The number of ether oxygens (including phenoxy) is 1. The van der Waals surface area contributed by atoms with E-state index >= 15 is 4.79 Å². The number of carbonyl (C=O) groups is 4. The molecule has 6 atom stereocenters. The third-order valence-corrected chi connectivity index (χ3v) is 12.3.